The molecule has 1 fully saturated rings. The zero-order chi connectivity index (χ0) is 23.8. The minimum atomic E-state index is -0.810. The molecule has 1 aliphatic heterocycles. The van der Waals surface area contributed by atoms with Gasteiger partial charge in [-0.15, -0.1) is 0 Å². The minimum absolute atomic E-state index is 0.0777. The smallest absolute Gasteiger partial charge is 0.262 e. The van der Waals surface area contributed by atoms with Crippen molar-refractivity contribution in [2.45, 2.75) is 38.6 Å². The summed E-state index contributed by atoms with van der Waals surface area (Å²) >= 11 is 0. The molecule has 2 heterocycles. The number of nitrogens with zero attached hydrogens (tertiary/aromatic N) is 2. The first-order valence-corrected chi connectivity index (χ1v) is 10.8. The van der Waals surface area contributed by atoms with E-state index in [2.05, 4.69) is 15.6 Å². The number of nitrogens with one attached hydrogen (secondary N) is 2. The number of anilines is 1. The van der Waals surface area contributed by atoms with E-state index in [9.17, 15) is 19.2 Å². The molecule has 3 rings (SSSR count). The van der Waals surface area contributed by atoms with Gasteiger partial charge >= 0.3 is 0 Å². The number of aromatic nitrogens is 2. The highest BCUT2D eigenvalue weighted by Gasteiger charge is 2.30. The molecule has 0 saturated carbocycles. The number of carbonyl (C=O) groups is 3. The van der Waals surface area contributed by atoms with E-state index >= 15 is 0 Å². The summed E-state index contributed by atoms with van der Waals surface area (Å²) in [6, 6.07) is 4.06. The number of aliphatic hydroxyl groups excluding tert-OH is 1. The Balaban J connectivity index is 1.66. The van der Waals surface area contributed by atoms with E-state index in [-0.39, 0.29) is 49.7 Å². The summed E-state index contributed by atoms with van der Waals surface area (Å²) < 4.78 is 11.9. The fraction of sp³-hybridized carbons (Fsp3) is 0.500. The number of aryl methyl sites for hydroxylation is 1. The SMILES string of the molecule is Cc1nc2c(NC(=O)CCOCCOCCCO)cccc2c(=O)n1C1CCC(=O)NC1=O. The van der Waals surface area contributed by atoms with Crippen molar-refractivity contribution in [1.82, 2.24) is 14.9 Å². The molecule has 0 bridgehead atoms. The molecular weight excluding hydrogens is 432 g/mol. The Labute approximate surface area is 190 Å². The molecule has 33 heavy (non-hydrogen) atoms. The average molecular weight is 460 g/mol. The maximum absolute atomic E-state index is 13.2. The molecule has 0 radical (unpaired) electrons. The van der Waals surface area contributed by atoms with E-state index in [1.165, 1.54) is 4.57 Å². The minimum Gasteiger partial charge on any atom is -0.396 e. The second kappa shape index (κ2) is 11.6. The van der Waals surface area contributed by atoms with E-state index in [1.54, 1.807) is 25.1 Å². The predicted molar refractivity (Wildman–Crippen MR) is 119 cm³/mol. The summed E-state index contributed by atoms with van der Waals surface area (Å²) in [5.41, 5.74) is 0.309. The van der Waals surface area contributed by atoms with Crippen molar-refractivity contribution in [3.05, 3.63) is 34.4 Å². The van der Waals surface area contributed by atoms with Crippen molar-refractivity contribution in [1.29, 1.82) is 0 Å². The summed E-state index contributed by atoms with van der Waals surface area (Å²) in [5, 5.41) is 14.0. The van der Waals surface area contributed by atoms with Gasteiger partial charge in [0.2, 0.25) is 17.7 Å². The first-order valence-electron chi connectivity index (χ1n) is 10.8. The van der Waals surface area contributed by atoms with Crippen molar-refractivity contribution >= 4 is 34.3 Å². The largest absolute Gasteiger partial charge is 0.396 e. The van der Waals surface area contributed by atoms with Gasteiger partial charge in [0, 0.05) is 19.6 Å². The second-order valence-corrected chi connectivity index (χ2v) is 7.60. The summed E-state index contributed by atoms with van der Waals surface area (Å²) in [7, 11) is 0. The summed E-state index contributed by atoms with van der Waals surface area (Å²) in [6.45, 7) is 3.07. The second-order valence-electron chi connectivity index (χ2n) is 7.60. The molecule has 0 aliphatic carbocycles. The number of para-hydroxylation sites is 1. The van der Waals surface area contributed by atoms with Crippen LogP contribution >= 0.6 is 0 Å². The molecule has 3 N–H and O–H groups in total. The number of fused-ring (bicyclic) bond motifs is 1. The Morgan fingerprint density at radius 3 is 2.70 bits per heavy atom. The number of benzene rings is 1. The number of amides is 3. The highest BCUT2D eigenvalue weighted by atomic mass is 16.5. The number of imide groups is 1. The maximum Gasteiger partial charge on any atom is 0.262 e. The molecule has 11 heteroatoms. The number of hydrogen-bond donors (Lipinski definition) is 3. The van der Waals surface area contributed by atoms with Crippen LogP contribution in [-0.2, 0) is 23.9 Å². The van der Waals surface area contributed by atoms with E-state index in [1.807, 2.05) is 0 Å². The van der Waals surface area contributed by atoms with Crippen LogP contribution in [-0.4, -0.2) is 65.4 Å². The zero-order valence-electron chi connectivity index (χ0n) is 18.5. The van der Waals surface area contributed by atoms with Crippen LogP contribution in [0.5, 0.6) is 0 Å². The Kier molecular flexibility index (Phi) is 8.64. The Morgan fingerprint density at radius 2 is 1.97 bits per heavy atom. The lowest BCUT2D eigenvalue weighted by atomic mass is 10.1. The molecule has 11 nitrogen and oxygen atoms in total. The third-order valence-electron chi connectivity index (χ3n) is 5.20. The first kappa shape index (κ1) is 24.5. The number of piperidine rings is 1. The Bertz CT molecular complexity index is 1080. The Morgan fingerprint density at radius 1 is 1.21 bits per heavy atom. The molecule has 1 unspecified atom stereocenters. The predicted octanol–water partition coefficient (Wildman–Crippen LogP) is 0.427. The third-order valence-corrected chi connectivity index (χ3v) is 5.20. The molecule has 1 aromatic heterocycles. The van der Waals surface area contributed by atoms with Gasteiger partial charge < -0.3 is 19.9 Å². The van der Waals surface area contributed by atoms with Crippen LogP contribution in [0.25, 0.3) is 10.9 Å². The van der Waals surface area contributed by atoms with Crippen molar-refractivity contribution in [3.63, 3.8) is 0 Å². The van der Waals surface area contributed by atoms with Crippen LogP contribution in [0, 0.1) is 6.92 Å². The van der Waals surface area contributed by atoms with Gasteiger partial charge in [-0.3, -0.25) is 29.1 Å². The van der Waals surface area contributed by atoms with E-state index in [0.717, 1.165) is 0 Å². The molecule has 1 atom stereocenters. The summed E-state index contributed by atoms with van der Waals surface area (Å²) in [5.74, 6) is -0.870. The third kappa shape index (κ3) is 6.21. The van der Waals surface area contributed by atoms with Crippen molar-refractivity contribution < 1.29 is 29.0 Å². The van der Waals surface area contributed by atoms with Crippen LogP contribution in [0.2, 0.25) is 0 Å². The van der Waals surface area contributed by atoms with Gasteiger partial charge in [0.15, 0.2) is 0 Å². The van der Waals surface area contributed by atoms with Gasteiger partial charge in [0.25, 0.3) is 5.56 Å². The van der Waals surface area contributed by atoms with Gasteiger partial charge in [0.1, 0.15) is 17.4 Å². The first-order chi connectivity index (χ1) is 15.9. The molecule has 2 aromatic rings. The lowest BCUT2D eigenvalue weighted by Gasteiger charge is -2.24. The summed E-state index contributed by atoms with van der Waals surface area (Å²) in [6.07, 6.45) is 1.05. The van der Waals surface area contributed by atoms with Crippen LogP contribution in [0.1, 0.15) is 37.5 Å². The van der Waals surface area contributed by atoms with Gasteiger partial charge in [-0.2, -0.15) is 0 Å². The van der Waals surface area contributed by atoms with Gasteiger partial charge in [-0.25, -0.2) is 4.98 Å². The molecular formula is C22H28N4O7. The number of hydrogen-bond acceptors (Lipinski definition) is 8. The molecule has 1 aromatic carbocycles. The van der Waals surface area contributed by atoms with Crippen LogP contribution in [0.15, 0.2) is 23.0 Å². The lowest BCUT2D eigenvalue weighted by molar-refractivity contribution is -0.135. The average Bonchev–Trinajstić information content (AvgIpc) is 2.77. The summed E-state index contributed by atoms with van der Waals surface area (Å²) in [4.78, 5) is 53.7. The molecule has 178 valence electrons. The molecule has 0 spiro atoms. The number of carbonyl (C=O) groups excluding carboxylic acids is 3. The fourth-order valence-electron chi connectivity index (χ4n) is 3.59. The fourth-order valence-corrected chi connectivity index (χ4v) is 3.59. The maximum atomic E-state index is 13.2. The van der Waals surface area contributed by atoms with E-state index < -0.39 is 17.5 Å². The quantitative estimate of drug-likeness (QED) is 0.323. The lowest BCUT2D eigenvalue weighted by Crippen LogP contribution is -2.45. The topological polar surface area (TPSA) is 149 Å². The molecule has 1 aliphatic rings. The van der Waals surface area contributed by atoms with Crippen LogP contribution < -0.4 is 16.2 Å². The van der Waals surface area contributed by atoms with Gasteiger partial charge in [0.05, 0.1) is 37.3 Å². The highest BCUT2D eigenvalue weighted by molar-refractivity contribution is 6.01. The van der Waals surface area contributed by atoms with Crippen molar-refractivity contribution in [3.8, 4) is 0 Å². The van der Waals surface area contributed by atoms with Crippen molar-refractivity contribution in [2.75, 3.05) is 38.4 Å². The number of rotatable bonds is 11. The number of aliphatic hydroxyl groups is 1. The van der Waals surface area contributed by atoms with E-state index in [4.69, 9.17) is 14.6 Å². The van der Waals surface area contributed by atoms with Gasteiger partial charge in [-0.1, -0.05) is 6.07 Å². The monoisotopic (exact) mass is 460 g/mol. The van der Waals surface area contributed by atoms with Crippen LogP contribution in [0.4, 0.5) is 5.69 Å². The molecule has 1 saturated heterocycles. The van der Waals surface area contributed by atoms with E-state index in [0.29, 0.717) is 43.3 Å². The standard InChI is InChI=1S/C22H28N4O7/c1-14-23-20-15(22(31)26(14)17-6-7-18(28)25-21(17)30)4-2-5-16(20)24-19(29)8-11-33-13-12-32-10-3-9-27/h2,4-5,17,27H,3,6-13H2,1H3,(H,24,29)(H,25,28,30). The zero-order valence-corrected chi connectivity index (χ0v) is 18.5. The normalized spacial score (nSPS) is 16.1. The van der Waals surface area contributed by atoms with Crippen molar-refractivity contribution in [2.24, 2.45) is 0 Å². The highest BCUT2D eigenvalue weighted by Crippen LogP contribution is 2.23. The number of ether oxygens (including phenoxy) is 2. The van der Waals surface area contributed by atoms with Crippen LogP contribution in [0.3, 0.4) is 0 Å². The Hall–Kier alpha value is -3.15. The van der Waals surface area contributed by atoms with Gasteiger partial charge in [-0.05, 0) is 31.9 Å². The molecule has 3 amide bonds.